The van der Waals surface area contributed by atoms with E-state index in [1.165, 1.54) is 0 Å². The van der Waals surface area contributed by atoms with Crippen LogP contribution in [0.4, 0.5) is 0 Å². The van der Waals surface area contributed by atoms with Gasteiger partial charge in [0.05, 0.1) is 0 Å². The third-order valence-corrected chi connectivity index (χ3v) is 3.08. The van der Waals surface area contributed by atoms with Crippen molar-refractivity contribution in [1.29, 1.82) is 0 Å². The predicted molar refractivity (Wildman–Crippen MR) is 83.9 cm³/mol. The van der Waals surface area contributed by atoms with Crippen molar-refractivity contribution in [3.05, 3.63) is 73.1 Å². The van der Waals surface area contributed by atoms with E-state index in [-0.39, 0.29) is 35.3 Å². The van der Waals surface area contributed by atoms with E-state index >= 15 is 0 Å². The summed E-state index contributed by atoms with van der Waals surface area (Å²) in [5.74, 6) is 0.288. The molecule has 1 aromatic heterocycles. The Bertz CT molecular complexity index is 664. The van der Waals surface area contributed by atoms with E-state index in [9.17, 15) is 5.11 Å². The molecule has 2 aromatic carbocycles. The Balaban J connectivity index is 0.00000147. The molecule has 0 radical (unpaired) electrons. The molecule has 0 atom stereocenters. The SMILES string of the molecule is Oc1ccc(-c2ccc(-c3cccnc3)cc2)cc1.[NaH]. The molecule has 0 aliphatic carbocycles. The first kappa shape index (κ1) is 14.8. The number of hydrogen-bond acceptors (Lipinski definition) is 2. The summed E-state index contributed by atoms with van der Waals surface area (Å²) in [6, 6.07) is 19.5. The van der Waals surface area contributed by atoms with Gasteiger partial charge in [-0.05, 0) is 40.5 Å². The molecular formula is C17H14NNaO. The van der Waals surface area contributed by atoms with Gasteiger partial charge in [0.2, 0.25) is 0 Å². The van der Waals surface area contributed by atoms with Gasteiger partial charge in [0.1, 0.15) is 5.75 Å². The molecule has 94 valence electrons. The van der Waals surface area contributed by atoms with Gasteiger partial charge < -0.3 is 5.11 Å². The van der Waals surface area contributed by atoms with E-state index in [2.05, 4.69) is 29.2 Å². The Hall–Kier alpha value is -1.61. The van der Waals surface area contributed by atoms with Crippen LogP contribution in [0.2, 0.25) is 0 Å². The van der Waals surface area contributed by atoms with Gasteiger partial charge in [0.25, 0.3) is 0 Å². The summed E-state index contributed by atoms with van der Waals surface area (Å²) in [5.41, 5.74) is 4.48. The van der Waals surface area contributed by atoms with Crippen molar-refractivity contribution >= 4 is 29.6 Å². The second-order valence-electron chi connectivity index (χ2n) is 4.37. The summed E-state index contributed by atoms with van der Waals surface area (Å²) in [4.78, 5) is 4.12. The quantitative estimate of drug-likeness (QED) is 0.724. The molecule has 1 heterocycles. The van der Waals surface area contributed by atoms with Gasteiger partial charge in [-0.25, -0.2) is 0 Å². The van der Waals surface area contributed by atoms with Crippen LogP contribution in [-0.4, -0.2) is 39.6 Å². The summed E-state index contributed by atoms with van der Waals surface area (Å²) in [6.45, 7) is 0. The minimum absolute atomic E-state index is 0. The number of aromatic nitrogens is 1. The van der Waals surface area contributed by atoms with Crippen LogP contribution in [0.3, 0.4) is 0 Å². The van der Waals surface area contributed by atoms with Crippen LogP contribution < -0.4 is 0 Å². The Kier molecular flexibility index (Phi) is 4.96. The molecule has 0 saturated heterocycles. The second kappa shape index (κ2) is 6.71. The molecule has 0 fully saturated rings. The van der Waals surface area contributed by atoms with Crippen molar-refractivity contribution < 1.29 is 5.11 Å². The molecule has 0 amide bonds. The van der Waals surface area contributed by atoms with Gasteiger partial charge in [0.15, 0.2) is 0 Å². The number of rotatable bonds is 2. The Labute approximate surface area is 140 Å². The van der Waals surface area contributed by atoms with Crippen LogP contribution in [0.25, 0.3) is 22.3 Å². The third kappa shape index (κ3) is 3.28. The maximum atomic E-state index is 9.29. The third-order valence-electron chi connectivity index (χ3n) is 3.08. The minimum atomic E-state index is 0. The zero-order valence-corrected chi connectivity index (χ0v) is 10.3. The summed E-state index contributed by atoms with van der Waals surface area (Å²) in [7, 11) is 0. The molecule has 0 saturated carbocycles. The fourth-order valence-corrected chi connectivity index (χ4v) is 2.04. The average Bonchev–Trinajstić information content (AvgIpc) is 2.49. The number of nitrogens with zero attached hydrogens (tertiary/aromatic N) is 1. The summed E-state index contributed by atoms with van der Waals surface area (Å²) < 4.78 is 0. The number of phenols is 1. The predicted octanol–water partition coefficient (Wildman–Crippen LogP) is 3.47. The van der Waals surface area contributed by atoms with E-state index < -0.39 is 0 Å². The van der Waals surface area contributed by atoms with Crippen molar-refractivity contribution in [2.45, 2.75) is 0 Å². The number of aromatic hydroxyl groups is 1. The Morgan fingerprint density at radius 1 is 0.650 bits per heavy atom. The molecule has 0 aliphatic rings. The normalized spacial score (nSPS) is 9.80. The van der Waals surface area contributed by atoms with Gasteiger partial charge in [0, 0.05) is 12.4 Å². The molecular weight excluding hydrogens is 257 g/mol. The van der Waals surface area contributed by atoms with E-state index in [1.54, 1.807) is 18.3 Å². The summed E-state index contributed by atoms with van der Waals surface area (Å²) >= 11 is 0. The van der Waals surface area contributed by atoms with Crippen LogP contribution in [-0.2, 0) is 0 Å². The topological polar surface area (TPSA) is 33.1 Å². The Morgan fingerprint density at radius 3 is 1.65 bits per heavy atom. The maximum absolute atomic E-state index is 9.29. The van der Waals surface area contributed by atoms with E-state index in [0.717, 1.165) is 22.3 Å². The molecule has 3 rings (SSSR count). The van der Waals surface area contributed by atoms with Gasteiger partial charge >= 0.3 is 29.6 Å². The fourth-order valence-electron chi connectivity index (χ4n) is 2.04. The first-order chi connectivity index (χ1) is 9.33. The van der Waals surface area contributed by atoms with Crippen LogP contribution in [0, 0.1) is 0 Å². The van der Waals surface area contributed by atoms with Gasteiger partial charge in [-0.3, -0.25) is 4.98 Å². The van der Waals surface area contributed by atoms with Crippen molar-refractivity contribution in [3.8, 4) is 28.0 Å². The Morgan fingerprint density at radius 2 is 1.15 bits per heavy atom. The molecule has 1 N–H and O–H groups in total. The molecule has 0 aliphatic heterocycles. The molecule has 3 aromatic rings. The standard InChI is InChI=1S/C17H13NO.Na.H/c19-17-9-7-14(8-10-17)13-3-5-15(6-4-13)16-2-1-11-18-12-16;;/h1-12,19H;;. The van der Waals surface area contributed by atoms with E-state index in [1.807, 2.05) is 30.5 Å². The van der Waals surface area contributed by atoms with Crippen molar-refractivity contribution in [2.75, 3.05) is 0 Å². The van der Waals surface area contributed by atoms with Crippen LogP contribution in [0.15, 0.2) is 73.1 Å². The summed E-state index contributed by atoms with van der Waals surface area (Å²) in [5, 5.41) is 9.29. The molecule has 20 heavy (non-hydrogen) atoms. The van der Waals surface area contributed by atoms with Crippen molar-refractivity contribution in [3.63, 3.8) is 0 Å². The zero-order valence-electron chi connectivity index (χ0n) is 10.3. The average molecular weight is 271 g/mol. The second-order valence-corrected chi connectivity index (χ2v) is 4.37. The van der Waals surface area contributed by atoms with Crippen LogP contribution in [0.5, 0.6) is 5.75 Å². The van der Waals surface area contributed by atoms with E-state index in [4.69, 9.17) is 0 Å². The van der Waals surface area contributed by atoms with Gasteiger partial charge in [-0.1, -0.05) is 42.5 Å². The number of benzene rings is 2. The van der Waals surface area contributed by atoms with Gasteiger partial charge in [-0.15, -0.1) is 0 Å². The monoisotopic (exact) mass is 271 g/mol. The van der Waals surface area contributed by atoms with Crippen LogP contribution >= 0.6 is 0 Å². The number of hydrogen-bond donors (Lipinski definition) is 1. The summed E-state index contributed by atoms with van der Waals surface area (Å²) in [6.07, 6.45) is 3.63. The molecule has 0 unspecified atom stereocenters. The number of phenolic OH excluding ortho intramolecular Hbond substituents is 1. The molecule has 0 bridgehead atoms. The number of pyridine rings is 1. The fraction of sp³-hybridized carbons (Fsp3) is 0. The molecule has 2 nitrogen and oxygen atoms in total. The van der Waals surface area contributed by atoms with Crippen molar-refractivity contribution in [1.82, 2.24) is 4.98 Å². The van der Waals surface area contributed by atoms with Gasteiger partial charge in [-0.2, -0.15) is 0 Å². The van der Waals surface area contributed by atoms with Crippen LogP contribution in [0.1, 0.15) is 0 Å². The zero-order chi connectivity index (χ0) is 13.1. The van der Waals surface area contributed by atoms with Crippen molar-refractivity contribution in [2.24, 2.45) is 0 Å². The molecule has 0 spiro atoms. The molecule has 3 heteroatoms. The van der Waals surface area contributed by atoms with E-state index in [0.29, 0.717) is 0 Å². The first-order valence-corrected chi connectivity index (χ1v) is 6.13. The first-order valence-electron chi connectivity index (χ1n) is 6.13.